The zero-order valence-corrected chi connectivity index (χ0v) is 28.0. The van der Waals surface area contributed by atoms with Crippen LogP contribution >= 0.6 is 0 Å². The Labute approximate surface area is 277 Å². The standard InChI is InChI=1S/C35H48N6O6/c1-24-34(47-23-37-24)22-46-33-6-5-27-20-40(10-7-26(27)17-33)21-32(43)19-36-35(44)28-15-30(18-31(16-28)39(3)13-14-45-4)38-29-8-11-41(12-9-29)25(2)42/h5-6,15-18,23,29,32,38,43H,7-14,19-22H2,1-4H3,(H,36,44). The van der Waals surface area contributed by atoms with E-state index < -0.39 is 6.10 Å². The smallest absolute Gasteiger partial charge is 0.251 e. The lowest BCUT2D eigenvalue weighted by Gasteiger charge is -2.32. The van der Waals surface area contributed by atoms with Crippen molar-refractivity contribution in [3.63, 3.8) is 0 Å². The number of anilines is 2. The molecule has 12 nitrogen and oxygen atoms in total. The SMILES string of the molecule is COCCN(C)c1cc(NC2CCN(C(C)=O)CC2)cc(C(=O)NCC(O)CN2CCc3cc(OCc4ocnc4C)ccc3C2)c1. The molecule has 2 amide bonds. The van der Waals surface area contributed by atoms with Gasteiger partial charge in [0.2, 0.25) is 5.91 Å². The molecule has 47 heavy (non-hydrogen) atoms. The Bertz CT molecular complexity index is 1500. The first-order chi connectivity index (χ1) is 22.7. The van der Waals surface area contributed by atoms with E-state index >= 15 is 0 Å². The van der Waals surface area contributed by atoms with Gasteiger partial charge in [-0.15, -0.1) is 0 Å². The molecule has 2 aliphatic heterocycles. The minimum atomic E-state index is -0.718. The molecule has 12 heteroatoms. The number of carbonyl (C=O) groups is 2. The van der Waals surface area contributed by atoms with Crippen LogP contribution in [0.3, 0.4) is 0 Å². The summed E-state index contributed by atoms with van der Waals surface area (Å²) in [6.07, 6.45) is 3.24. The van der Waals surface area contributed by atoms with E-state index in [4.69, 9.17) is 13.9 Å². The summed E-state index contributed by atoms with van der Waals surface area (Å²) in [6, 6.07) is 12.1. The highest BCUT2D eigenvalue weighted by Crippen LogP contribution is 2.26. The maximum atomic E-state index is 13.4. The normalized spacial score (nSPS) is 16.0. The van der Waals surface area contributed by atoms with Gasteiger partial charge in [0.15, 0.2) is 12.2 Å². The topological polar surface area (TPSA) is 133 Å². The van der Waals surface area contributed by atoms with Gasteiger partial charge in [0.05, 0.1) is 18.4 Å². The highest BCUT2D eigenvalue weighted by molar-refractivity contribution is 5.96. The number of aryl methyl sites for hydroxylation is 1. The van der Waals surface area contributed by atoms with Gasteiger partial charge in [-0.05, 0) is 67.6 Å². The number of amides is 2. The number of fused-ring (bicyclic) bond motifs is 1. The number of β-amino-alcohol motifs (C(OH)–C–C–N with tert-alkyl or cyclic N) is 1. The number of hydrogen-bond donors (Lipinski definition) is 3. The first-order valence-electron chi connectivity index (χ1n) is 16.4. The Morgan fingerprint density at radius 1 is 1.15 bits per heavy atom. The second-order valence-corrected chi connectivity index (χ2v) is 12.5. The summed E-state index contributed by atoms with van der Waals surface area (Å²) in [5, 5.41) is 17.4. The van der Waals surface area contributed by atoms with Crippen molar-refractivity contribution in [2.45, 2.75) is 58.4 Å². The number of nitrogens with one attached hydrogen (secondary N) is 2. The molecule has 1 atom stereocenters. The number of hydrogen-bond acceptors (Lipinski definition) is 10. The Morgan fingerprint density at radius 2 is 1.96 bits per heavy atom. The number of aromatic nitrogens is 1. The zero-order chi connectivity index (χ0) is 33.3. The maximum absolute atomic E-state index is 13.4. The van der Waals surface area contributed by atoms with E-state index in [0.29, 0.717) is 45.0 Å². The molecule has 0 radical (unpaired) electrons. The Morgan fingerprint density at radius 3 is 2.68 bits per heavy atom. The number of aliphatic hydroxyl groups is 1. The van der Waals surface area contributed by atoms with Gasteiger partial charge in [0, 0.05) is 89.9 Å². The number of ether oxygens (including phenoxy) is 2. The molecule has 2 aliphatic rings. The van der Waals surface area contributed by atoms with E-state index in [-0.39, 0.29) is 24.4 Å². The number of carbonyl (C=O) groups excluding carboxylic acids is 2. The second-order valence-electron chi connectivity index (χ2n) is 12.5. The molecular formula is C35H48N6O6. The van der Waals surface area contributed by atoms with Crippen LogP contribution in [0.15, 0.2) is 47.2 Å². The number of methoxy groups -OCH3 is 1. The van der Waals surface area contributed by atoms with Crippen molar-refractivity contribution >= 4 is 23.2 Å². The summed E-state index contributed by atoms with van der Waals surface area (Å²) >= 11 is 0. The van der Waals surface area contributed by atoms with Gasteiger partial charge in [0.25, 0.3) is 5.91 Å². The van der Waals surface area contributed by atoms with Crippen LogP contribution in [0.1, 0.15) is 52.7 Å². The van der Waals surface area contributed by atoms with Crippen LogP contribution in [0.2, 0.25) is 0 Å². The van der Waals surface area contributed by atoms with Crippen LogP contribution in [0.5, 0.6) is 5.75 Å². The minimum absolute atomic E-state index is 0.103. The van der Waals surface area contributed by atoms with E-state index in [2.05, 4.69) is 37.6 Å². The van der Waals surface area contributed by atoms with E-state index in [9.17, 15) is 14.7 Å². The zero-order valence-electron chi connectivity index (χ0n) is 28.0. The third-order valence-electron chi connectivity index (χ3n) is 9.01. The fourth-order valence-electron chi connectivity index (χ4n) is 6.10. The van der Waals surface area contributed by atoms with E-state index in [1.165, 1.54) is 17.5 Å². The van der Waals surface area contributed by atoms with Gasteiger partial charge in [-0.25, -0.2) is 4.98 Å². The van der Waals surface area contributed by atoms with Gasteiger partial charge in [0.1, 0.15) is 12.4 Å². The van der Waals surface area contributed by atoms with Crippen LogP contribution in [-0.4, -0.2) is 104 Å². The van der Waals surface area contributed by atoms with Gasteiger partial charge in [-0.2, -0.15) is 0 Å². The number of likely N-dealkylation sites (tertiary alicyclic amines) is 1. The van der Waals surface area contributed by atoms with Crippen LogP contribution in [-0.2, 0) is 29.1 Å². The molecule has 1 aromatic heterocycles. The average Bonchev–Trinajstić information content (AvgIpc) is 3.49. The van der Waals surface area contributed by atoms with Gasteiger partial charge < -0.3 is 39.4 Å². The third kappa shape index (κ3) is 9.46. The predicted molar refractivity (Wildman–Crippen MR) is 180 cm³/mol. The Kier molecular flexibility index (Phi) is 11.7. The fourth-order valence-corrected chi connectivity index (χ4v) is 6.10. The molecule has 1 fully saturated rings. The molecule has 0 aliphatic carbocycles. The summed E-state index contributed by atoms with van der Waals surface area (Å²) in [6.45, 7) is 8.62. The highest BCUT2D eigenvalue weighted by atomic mass is 16.5. The van der Waals surface area contributed by atoms with Crippen molar-refractivity contribution in [3.05, 3.63) is 70.9 Å². The molecule has 3 N–H and O–H groups in total. The molecule has 1 saturated heterocycles. The Balaban J connectivity index is 1.14. The maximum Gasteiger partial charge on any atom is 0.251 e. The van der Waals surface area contributed by atoms with Gasteiger partial charge >= 0.3 is 0 Å². The lowest BCUT2D eigenvalue weighted by Crippen LogP contribution is -2.42. The summed E-state index contributed by atoms with van der Waals surface area (Å²) in [7, 11) is 3.64. The molecule has 3 aromatic rings. The van der Waals surface area contributed by atoms with Crippen molar-refractivity contribution in [3.8, 4) is 5.75 Å². The molecule has 1 unspecified atom stereocenters. The third-order valence-corrected chi connectivity index (χ3v) is 9.01. The van der Waals surface area contributed by atoms with E-state index in [0.717, 1.165) is 60.9 Å². The van der Waals surface area contributed by atoms with Crippen LogP contribution in [0, 0.1) is 6.92 Å². The number of rotatable bonds is 14. The summed E-state index contributed by atoms with van der Waals surface area (Å²) in [5.74, 6) is 1.38. The highest BCUT2D eigenvalue weighted by Gasteiger charge is 2.23. The quantitative estimate of drug-likeness (QED) is 0.239. The van der Waals surface area contributed by atoms with E-state index in [1.54, 1.807) is 14.0 Å². The lowest BCUT2D eigenvalue weighted by atomic mass is 9.99. The number of aliphatic hydroxyl groups excluding tert-OH is 1. The number of benzene rings is 2. The van der Waals surface area contributed by atoms with Crippen molar-refractivity contribution in [2.24, 2.45) is 0 Å². The van der Waals surface area contributed by atoms with E-state index in [1.807, 2.05) is 43.1 Å². The first kappa shape index (κ1) is 34.2. The molecule has 2 aromatic carbocycles. The van der Waals surface area contributed by atoms with Crippen LogP contribution in [0.25, 0.3) is 0 Å². The lowest BCUT2D eigenvalue weighted by molar-refractivity contribution is -0.129. The molecule has 5 rings (SSSR count). The fraction of sp³-hybridized carbons (Fsp3) is 0.514. The predicted octanol–water partition coefficient (Wildman–Crippen LogP) is 3.22. The summed E-state index contributed by atoms with van der Waals surface area (Å²) in [5.41, 5.74) is 5.54. The van der Waals surface area contributed by atoms with Crippen molar-refractivity contribution in [2.75, 3.05) is 70.2 Å². The monoisotopic (exact) mass is 648 g/mol. The second kappa shape index (κ2) is 16.1. The molecule has 3 heterocycles. The largest absolute Gasteiger partial charge is 0.486 e. The van der Waals surface area contributed by atoms with Gasteiger partial charge in [-0.1, -0.05) is 6.07 Å². The van der Waals surface area contributed by atoms with Crippen LogP contribution in [0.4, 0.5) is 11.4 Å². The van der Waals surface area contributed by atoms with Crippen molar-refractivity contribution in [1.82, 2.24) is 20.1 Å². The Hall–Kier alpha value is -4.13. The number of oxazole rings is 1. The molecular weight excluding hydrogens is 600 g/mol. The van der Waals surface area contributed by atoms with Crippen molar-refractivity contribution in [1.29, 1.82) is 0 Å². The first-order valence-corrected chi connectivity index (χ1v) is 16.4. The molecule has 0 saturated carbocycles. The number of nitrogens with zero attached hydrogens (tertiary/aromatic N) is 4. The minimum Gasteiger partial charge on any atom is -0.486 e. The number of piperidine rings is 1. The average molecular weight is 649 g/mol. The molecule has 254 valence electrons. The van der Waals surface area contributed by atoms with Gasteiger partial charge in [-0.3, -0.25) is 14.5 Å². The number of likely N-dealkylation sites (N-methyl/N-ethyl adjacent to an activating group) is 1. The summed E-state index contributed by atoms with van der Waals surface area (Å²) < 4.78 is 16.5. The van der Waals surface area contributed by atoms with Crippen LogP contribution < -0.4 is 20.3 Å². The summed E-state index contributed by atoms with van der Waals surface area (Å²) in [4.78, 5) is 35.3. The molecule has 0 spiro atoms. The van der Waals surface area contributed by atoms with Crippen molar-refractivity contribution < 1.29 is 28.6 Å². The molecule has 0 bridgehead atoms.